The highest BCUT2D eigenvalue weighted by molar-refractivity contribution is 6.65. The molecule has 0 spiro atoms. The van der Waals surface area contributed by atoms with Crippen molar-refractivity contribution in [2.45, 2.75) is 62.7 Å². The Morgan fingerprint density at radius 3 is 2.19 bits per heavy atom. The second kappa shape index (κ2) is 6.25. The van der Waals surface area contributed by atoms with Crippen molar-refractivity contribution in [1.82, 2.24) is 0 Å². The molecule has 0 saturated heterocycles. The van der Waals surface area contributed by atoms with Crippen molar-refractivity contribution in [2.24, 2.45) is 16.3 Å². The van der Waals surface area contributed by atoms with Crippen LogP contribution in [-0.4, -0.2) is 34.0 Å². The molecule has 2 unspecified atom stereocenters. The quantitative estimate of drug-likeness (QED) is 0.535. The number of aliphatic imine (C=N–C) groups is 1. The first-order valence-corrected chi connectivity index (χ1v) is 8.22. The molecule has 0 aromatic heterocycles. The first kappa shape index (κ1) is 19.1. The molecule has 2 atom stereocenters. The Balaban J connectivity index is 3.40. The Morgan fingerprint density at radius 2 is 1.81 bits per heavy atom. The van der Waals surface area contributed by atoms with Gasteiger partial charge in [-0.1, -0.05) is 55.6 Å². The van der Waals surface area contributed by atoms with Gasteiger partial charge in [-0.2, -0.15) is 0 Å². The first-order chi connectivity index (χ1) is 9.34. The number of hydrogen-bond donors (Lipinski definition) is 0. The third kappa shape index (κ3) is 4.05. The zero-order valence-corrected chi connectivity index (χ0v) is 15.7. The summed E-state index contributed by atoms with van der Waals surface area (Å²) in [6, 6.07) is -0.0640. The minimum absolute atomic E-state index is 0.0640. The number of esters is 1. The molecule has 21 heavy (non-hydrogen) atoms. The predicted molar refractivity (Wildman–Crippen MR) is 89.8 cm³/mol. The maximum Gasteiger partial charge on any atom is 0.332 e. The van der Waals surface area contributed by atoms with Crippen molar-refractivity contribution in [2.75, 3.05) is 7.11 Å². The maximum atomic E-state index is 12.3. The third-order valence-electron chi connectivity index (χ3n) is 3.87. The molecule has 1 fully saturated rings. The summed E-state index contributed by atoms with van der Waals surface area (Å²) in [5, 5.41) is 0. The zero-order valence-electron chi connectivity index (χ0n) is 13.5. The summed E-state index contributed by atoms with van der Waals surface area (Å²) in [5.41, 5.74) is 0.231. The summed E-state index contributed by atoms with van der Waals surface area (Å²) < 4.78 is 3.62. The lowest BCUT2D eigenvalue weighted by molar-refractivity contribution is -0.142. The number of hydrogen-bond acceptors (Lipinski definition) is 3. The number of methoxy groups -OCH3 is 1. The molecule has 3 nitrogen and oxygen atoms in total. The van der Waals surface area contributed by atoms with Crippen LogP contribution >= 0.6 is 34.8 Å². The molecular formula is C15H24Cl3NO2. The molecule has 0 N–H and O–H groups in total. The van der Waals surface area contributed by atoms with Crippen molar-refractivity contribution in [1.29, 1.82) is 0 Å². The van der Waals surface area contributed by atoms with Crippen molar-refractivity contribution < 1.29 is 9.53 Å². The van der Waals surface area contributed by atoms with Crippen molar-refractivity contribution in [3.8, 4) is 0 Å². The van der Waals surface area contributed by atoms with Crippen molar-refractivity contribution >= 4 is 46.5 Å². The molecular weight excluding hydrogens is 333 g/mol. The van der Waals surface area contributed by atoms with E-state index in [9.17, 15) is 4.79 Å². The number of alkyl halides is 3. The smallest absolute Gasteiger partial charge is 0.332 e. The fourth-order valence-electron chi connectivity index (χ4n) is 2.61. The highest BCUT2D eigenvalue weighted by Gasteiger charge is 2.58. The summed E-state index contributed by atoms with van der Waals surface area (Å²) in [6.07, 6.45) is 0.925. The number of ether oxygens (including phenoxy) is 1. The van der Waals surface area contributed by atoms with Gasteiger partial charge in [0, 0.05) is 6.04 Å². The van der Waals surface area contributed by atoms with Gasteiger partial charge in [0.2, 0.25) is 0 Å². The molecule has 0 amide bonds. The molecule has 0 aromatic rings. The topological polar surface area (TPSA) is 38.7 Å². The van der Waals surface area contributed by atoms with Gasteiger partial charge >= 0.3 is 5.97 Å². The molecule has 0 aromatic carbocycles. The van der Waals surface area contributed by atoms with Crippen LogP contribution in [0.5, 0.6) is 0 Å². The van der Waals surface area contributed by atoms with Crippen molar-refractivity contribution in [3.05, 3.63) is 0 Å². The van der Waals surface area contributed by atoms with Gasteiger partial charge in [0.15, 0.2) is 9.21 Å². The van der Waals surface area contributed by atoms with E-state index < -0.39 is 15.2 Å². The van der Waals surface area contributed by atoms with Gasteiger partial charge in [-0.25, -0.2) is 4.79 Å². The van der Waals surface area contributed by atoms with E-state index in [1.165, 1.54) is 7.11 Å². The van der Waals surface area contributed by atoms with Gasteiger partial charge in [0.25, 0.3) is 0 Å². The van der Waals surface area contributed by atoms with Crippen LogP contribution in [0.15, 0.2) is 4.99 Å². The van der Waals surface area contributed by atoms with E-state index in [2.05, 4.69) is 25.8 Å². The van der Waals surface area contributed by atoms with Crippen LogP contribution in [0.25, 0.3) is 0 Å². The summed E-state index contributed by atoms with van der Waals surface area (Å²) in [6.45, 7) is 10.0. The van der Waals surface area contributed by atoms with Crippen LogP contribution in [0.4, 0.5) is 0 Å². The molecule has 0 radical (unpaired) electrons. The van der Waals surface area contributed by atoms with Gasteiger partial charge in [-0.3, -0.25) is 4.99 Å². The Morgan fingerprint density at radius 1 is 1.29 bits per heavy atom. The Labute approximate surface area is 142 Å². The lowest BCUT2D eigenvalue weighted by Crippen LogP contribution is -2.57. The summed E-state index contributed by atoms with van der Waals surface area (Å²) in [4.78, 5) is 15.3. The summed E-state index contributed by atoms with van der Waals surface area (Å²) >= 11 is 19.7. The minimum atomic E-state index is -1.40. The second-order valence-electron chi connectivity index (χ2n) is 7.04. The number of carbonyl (C=O) groups excluding carboxylic acids is 1. The van der Waals surface area contributed by atoms with E-state index in [0.717, 1.165) is 0 Å². The average Bonchev–Trinajstić information content (AvgIpc) is 2.30. The van der Waals surface area contributed by atoms with Crippen LogP contribution in [0, 0.1) is 11.3 Å². The van der Waals surface area contributed by atoms with E-state index in [1.807, 2.05) is 13.8 Å². The summed E-state index contributed by atoms with van der Waals surface area (Å²) in [7, 11) is 1.31. The number of halogens is 3. The number of nitrogens with zero attached hydrogens (tertiary/aromatic N) is 1. The van der Waals surface area contributed by atoms with E-state index in [-0.39, 0.29) is 17.4 Å². The third-order valence-corrected chi connectivity index (χ3v) is 5.03. The van der Waals surface area contributed by atoms with Gasteiger partial charge in [0.1, 0.15) is 0 Å². The van der Waals surface area contributed by atoms with Crippen LogP contribution in [0.1, 0.15) is 47.5 Å². The first-order valence-electron chi connectivity index (χ1n) is 7.08. The Hall–Kier alpha value is 0.01000. The number of rotatable bonds is 2. The fraction of sp³-hybridized carbons (Fsp3) is 0.867. The minimum Gasteiger partial charge on any atom is -0.467 e. The van der Waals surface area contributed by atoms with E-state index in [4.69, 9.17) is 39.5 Å². The highest BCUT2D eigenvalue weighted by Crippen LogP contribution is 2.52. The van der Waals surface area contributed by atoms with Gasteiger partial charge in [-0.15, -0.1) is 0 Å². The number of carbonyl (C=O) groups is 1. The molecule has 1 rings (SSSR count). The van der Waals surface area contributed by atoms with Gasteiger partial charge in [-0.05, 0) is 38.0 Å². The largest absolute Gasteiger partial charge is 0.467 e. The standard InChI is InChI=1S/C15H24Cl3NO2/c1-9(2)19-11-14(16,12(20)21-6)7-10(13(3,4)5)8-15(11,17)18/h9-10H,7-8H2,1-6H3. The Kier molecular flexibility index (Phi) is 5.67. The molecule has 6 heteroatoms. The molecule has 0 heterocycles. The van der Waals surface area contributed by atoms with E-state index in [0.29, 0.717) is 18.6 Å². The highest BCUT2D eigenvalue weighted by atomic mass is 35.5. The molecule has 1 aliphatic rings. The Bertz CT molecular complexity index is 441. The molecule has 0 bridgehead atoms. The van der Waals surface area contributed by atoms with Crippen LogP contribution in [0.3, 0.4) is 0 Å². The molecule has 1 aliphatic carbocycles. The lowest BCUT2D eigenvalue weighted by atomic mass is 9.67. The lowest BCUT2D eigenvalue weighted by Gasteiger charge is -2.46. The molecule has 122 valence electrons. The monoisotopic (exact) mass is 355 g/mol. The second-order valence-corrected chi connectivity index (χ2v) is 9.17. The maximum absolute atomic E-state index is 12.3. The predicted octanol–water partition coefficient (Wildman–Crippen LogP) is 4.62. The van der Waals surface area contributed by atoms with E-state index in [1.54, 1.807) is 0 Å². The average molecular weight is 357 g/mol. The summed E-state index contributed by atoms with van der Waals surface area (Å²) in [5.74, 6) is -0.474. The van der Waals surface area contributed by atoms with Crippen LogP contribution < -0.4 is 0 Å². The normalized spacial score (nSPS) is 31.5. The van der Waals surface area contributed by atoms with Gasteiger partial charge < -0.3 is 4.74 Å². The van der Waals surface area contributed by atoms with Gasteiger partial charge in [0.05, 0.1) is 12.8 Å². The van der Waals surface area contributed by atoms with Crippen LogP contribution in [-0.2, 0) is 9.53 Å². The zero-order chi connectivity index (χ0) is 16.6. The SMILES string of the molecule is COC(=O)C1(Cl)CC(C(C)(C)C)CC(Cl)(Cl)C1=NC(C)C. The fourth-order valence-corrected chi connectivity index (χ4v) is 3.98. The molecule has 0 aliphatic heterocycles. The molecule has 1 saturated carbocycles. The van der Waals surface area contributed by atoms with E-state index >= 15 is 0 Å². The van der Waals surface area contributed by atoms with Crippen LogP contribution in [0.2, 0.25) is 0 Å². The van der Waals surface area contributed by atoms with Crippen molar-refractivity contribution in [3.63, 3.8) is 0 Å².